The normalized spacial score (nSPS) is 16.8. The zero-order chi connectivity index (χ0) is 24.8. The van der Waals surface area contributed by atoms with Crippen molar-refractivity contribution in [1.29, 1.82) is 0 Å². The van der Waals surface area contributed by atoms with Crippen molar-refractivity contribution in [2.45, 2.75) is 24.6 Å². The van der Waals surface area contributed by atoms with Gasteiger partial charge in [0, 0.05) is 18.8 Å². The number of rotatable bonds is 9. The van der Waals surface area contributed by atoms with E-state index >= 15 is 0 Å². The van der Waals surface area contributed by atoms with Gasteiger partial charge < -0.3 is 10.1 Å². The first-order valence-corrected chi connectivity index (χ1v) is 12.9. The number of unbranched alkanes of at least 4 members (excludes halogenated alkanes) is 1. The van der Waals surface area contributed by atoms with E-state index in [1.165, 1.54) is 37.1 Å². The van der Waals surface area contributed by atoms with E-state index in [0.29, 0.717) is 12.3 Å². The number of methoxy groups -OCH3 is 1. The van der Waals surface area contributed by atoms with Crippen LogP contribution in [0.25, 0.3) is 0 Å². The van der Waals surface area contributed by atoms with Gasteiger partial charge in [-0.3, -0.25) is 14.5 Å². The van der Waals surface area contributed by atoms with Crippen molar-refractivity contribution >= 4 is 27.5 Å². The first-order chi connectivity index (χ1) is 16.9. The number of aryl methyl sites for hydroxylation is 1. The number of amides is 2. The van der Waals surface area contributed by atoms with E-state index in [-0.39, 0.29) is 17.2 Å². The Morgan fingerprint density at radius 3 is 2.69 bits per heavy atom. The fourth-order valence-corrected chi connectivity index (χ4v) is 5.63. The molecule has 1 aliphatic rings. The second-order valence-corrected chi connectivity index (χ2v) is 10.2. The summed E-state index contributed by atoms with van der Waals surface area (Å²) >= 11 is 0. The van der Waals surface area contributed by atoms with Crippen molar-refractivity contribution in [2.75, 3.05) is 24.3 Å². The first kappa shape index (κ1) is 24.3. The number of ether oxygens (including phenoxy) is 1. The molecule has 182 valence electrons. The minimum atomic E-state index is -3.90. The van der Waals surface area contributed by atoms with Crippen LogP contribution in [-0.4, -0.2) is 49.6 Å². The zero-order valence-corrected chi connectivity index (χ0v) is 20.1. The molecule has 0 radical (unpaired) electrons. The molecular formula is C25H26N4O5S. The highest BCUT2D eigenvalue weighted by atomic mass is 32.2. The molecule has 1 fully saturated rings. The summed E-state index contributed by atoms with van der Waals surface area (Å²) < 4.78 is 31.0. The van der Waals surface area contributed by atoms with Gasteiger partial charge in [-0.1, -0.05) is 36.4 Å². The lowest BCUT2D eigenvalue weighted by molar-refractivity contribution is -0.115. The van der Waals surface area contributed by atoms with Crippen molar-refractivity contribution in [3.63, 3.8) is 0 Å². The maximum atomic E-state index is 12.9. The SMILES string of the molecule is COc1ccnc(N2C(=O)CS(=O)(=O)C2c2cccc(C(=O)NCCCCc3ccccc3)n2)c1. The fourth-order valence-electron chi connectivity index (χ4n) is 3.94. The Morgan fingerprint density at radius 2 is 1.91 bits per heavy atom. The second-order valence-electron chi connectivity index (χ2n) is 8.12. The minimum Gasteiger partial charge on any atom is -0.497 e. The number of anilines is 1. The summed E-state index contributed by atoms with van der Waals surface area (Å²) in [4.78, 5) is 34.9. The van der Waals surface area contributed by atoms with Gasteiger partial charge in [-0.25, -0.2) is 18.4 Å². The van der Waals surface area contributed by atoms with Crippen LogP contribution in [0.3, 0.4) is 0 Å². The summed E-state index contributed by atoms with van der Waals surface area (Å²) in [5, 5.41) is 1.45. The average Bonchev–Trinajstić information content (AvgIpc) is 3.12. The van der Waals surface area contributed by atoms with Gasteiger partial charge in [0.25, 0.3) is 5.91 Å². The van der Waals surface area contributed by atoms with Crippen molar-refractivity contribution in [2.24, 2.45) is 0 Å². The maximum absolute atomic E-state index is 12.9. The van der Waals surface area contributed by atoms with Gasteiger partial charge >= 0.3 is 0 Å². The Bertz CT molecular complexity index is 1310. The molecule has 3 aromatic rings. The molecule has 1 unspecified atom stereocenters. The van der Waals surface area contributed by atoms with Crippen LogP contribution in [0.2, 0.25) is 0 Å². The lowest BCUT2D eigenvalue weighted by Gasteiger charge is -2.22. The van der Waals surface area contributed by atoms with Crippen LogP contribution in [0.5, 0.6) is 5.75 Å². The molecule has 9 nitrogen and oxygen atoms in total. The summed E-state index contributed by atoms with van der Waals surface area (Å²) in [6.45, 7) is 0.470. The lowest BCUT2D eigenvalue weighted by Crippen LogP contribution is -2.31. The largest absolute Gasteiger partial charge is 0.497 e. The van der Waals surface area contributed by atoms with Crippen molar-refractivity contribution in [3.05, 3.63) is 83.8 Å². The number of sulfone groups is 1. The number of benzene rings is 1. The Labute approximate surface area is 204 Å². The lowest BCUT2D eigenvalue weighted by atomic mass is 10.1. The van der Waals surface area contributed by atoms with Gasteiger partial charge in [0.15, 0.2) is 15.2 Å². The van der Waals surface area contributed by atoms with Gasteiger partial charge in [0.05, 0.1) is 12.8 Å². The first-order valence-electron chi connectivity index (χ1n) is 11.2. The third-order valence-electron chi connectivity index (χ3n) is 5.64. The highest BCUT2D eigenvalue weighted by Crippen LogP contribution is 2.36. The second kappa shape index (κ2) is 10.6. The molecule has 0 aliphatic carbocycles. The Morgan fingerprint density at radius 1 is 1.11 bits per heavy atom. The van der Waals surface area contributed by atoms with Crippen molar-refractivity contribution < 1.29 is 22.7 Å². The Balaban J connectivity index is 1.47. The third-order valence-corrected chi connectivity index (χ3v) is 7.43. The van der Waals surface area contributed by atoms with Crippen LogP contribution in [0, 0.1) is 0 Å². The molecule has 35 heavy (non-hydrogen) atoms. The number of nitrogens with zero attached hydrogens (tertiary/aromatic N) is 3. The number of hydrogen-bond donors (Lipinski definition) is 1. The Hall–Kier alpha value is -3.79. The maximum Gasteiger partial charge on any atom is 0.269 e. The standard InChI is InChI=1S/C25H26N4O5S/c1-34-19-13-15-26-22(16-19)29-23(30)17-35(32,33)25(29)21-12-7-11-20(28-21)24(31)27-14-6-5-10-18-8-3-2-4-9-18/h2-4,7-9,11-13,15-16,25H,5-6,10,14,17H2,1H3,(H,27,31). The summed E-state index contributed by atoms with van der Waals surface area (Å²) in [7, 11) is -2.44. The summed E-state index contributed by atoms with van der Waals surface area (Å²) in [5.74, 6) is -1.13. The van der Waals surface area contributed by atoms with Crippen LogP contribution in [0.1, 0.15) is 40.0 Å². The molecule has 0 saturated carbocycles. The number of hydrogen-bond acceptors (Lipinski definition) is 7. The van der Waals surface area contributed by atoms with Crippen LogP contribution in [0.15, 0.2) is 66.9 Å². The fraction of sp³-hybridized carbons (Fsp3) is 0.280. The molecule has 1 saturated heterocycles. The van der Waals surface area contributed by atoms with E-state index < -0.39 is 32.8 Å². The molecule has 1 N–H and O–H groups in total. The number of aromatic nitrogens is 2. The monoisotopic (exact) mass is 494 g/mol. The summed E-state index contributed by atoms with van der Waals surface area (Å²) in [5.41, 5.74) is 1.41. The van der Waals surface area contributed by atoms with Crippen LogP contribution in [-0.2, 0) is 21.1 Å². The molecule has 0 spiro atoms. The van der Waals surface area contributed by atoms with Gasteiger partial charge in [0.1, 0.15) is 23.0 Å². The molecule has 0 bridgehead atoms. The van der Waals surface area contributed by atoms with E-state index in [1.54, 1.807) is 12.1 Å². The van der Waals surface area contributed by atoms with Gasteiger partial charge in [-0.15, -0.1) is 0 Å². The molecular weight excluding hydrogens is 468 g/mol. The van der Waals surface area contributed by atoms with Crippen LogP contribution in [0.4, 0.5) is 5.82 Å². The van der Waals surface area contributed by atoms with Gasteiger partial charge in [-0.2, -0.15) is 0 Å². The highest BCUT2D eigenvalue weighted by molar-refractivity contribution is 7.93. The quantitative estimate of drug-likeness (QED) is 0.454. The number of carbonyl (C=O) groups is 2. The minimum absolute atomic E-state index is 0.0807. The highest BCUT2D eigenvalue weighted by Gasteiger charge is 2.47. The molecule has 1 atom stereocenters. The van der Waals surface area contributed by atoms with Gasteiger partial charge in [-0.05, 0) is 43.0 Å². The summed E-state index contributed by atoms with van der Waals surface area (Å²) in [6.07, 6.45) is 4.06. The molecule has 1 aliphatic heterocycles. The Kier molecular flexibility index (Phi) is 7.40. The number of carbonyl (C=O) groups excluding carboxylic acids is 2. The molecule has 3 heterocycles. The van der Waals surface area contributed by atoms with E-state index in [4.69, 9.17) is 4.74 Å². The number of pyridine rings is 2. The van der Waals surface area contributed by atoms with E-state index in [0.717, 1.165) is 24.2 Å². The molecule has 2 amide bonds. The van der Waals surface area contributed by atoms with E-state index in [1.807, 2.05) is 18.2 Å². The predicted octanol–water partition coefficient (Wildman–Crippen LogP) is 2.70. The average molecular weight is 495 g/mol. The van der Waals surface area contributed by atoms with Crippen LogP contribution < -0.4 is 15.0 Å². The van der Waals surface area contributed by atoms with Crippen LogP contribution >= 0.6 is 0 Å². The van der Waals surface area contributed by atoms with Gasteiger partial charge in [0.2, 0.25) is 5.91 Å². The zero-order valence-electron chi connectivity index (χ0n) is 19.3. The van der Waals surface area contributed by atoms with E-state index in [2.05, 4.69) is 27.4 Å². The number of nitrogens with one attached hydrogen (secondary N) is 1. The van der Waals surface area contributed by atoms with E-state index in [9.17, 15) is 18.0 Å². The third kappa shape index (κ3) is 5.65. The molecule has 10 heteroatoms. The van der Waals surface area contributed by atoms with Crippen molar-refractivity contribution in [3.8, 4) is 5.75 Å². The molecule has 1 aromatic carbocycles. The molecule has 2 aromatic heterocycles. The smallest absolute Gasteiger partial charge is 0.269 e. The van der Waals surface area contributed by atoms with Crippen molar-refractivity contribution in [1.82, 2.24) is 15.3 Å². The predicted molar refractivity (Wildman–Crippen MR) is 131 cm³/mol. The topological polar surface area (TPSA) is 119 Å². The summed E-state index contributed by atoms with van der Waals surface area (Å²) in [6, 6.07) is 17.8. The molecule has 4 rings (SSSR count).